The summed E-state index contributed by atoms with van der Waals surface area (Å²) >= 11 is 0. The summed E-state index contributed by atoms with van der Waals surface area (Å²) in [6.07, 6.45) is 3.49. The summed E-state index contributed by atoms with van der Waals surface area (Å²) in [5.41, 5.74) is 7.29. The van der Waals surface area contributed by atoms with Gasteiger partial charge in [-0.1, -0.05) is 5.21 Å². The molecule has 1 aromatic carbocycles. The Kier molecular flexibility index (Phi) is 7.09. The number of halogens is 3. The second-order valence-electron chi connectivity index (χ2n) is 6.39. The average molecular weight is 402 g/mol. The lowest BCUT2D eigenvalue weighted by Crippen LogP contribution is -2.40. The Balaban J connectivity index is 0.00000261. The van der Waals surface area contributed by atoms with Crippen molar-refractivity contribution in [1.29, 1.82) is 0 Å². The fourth-order valence-corrected chi connectivity index (χ4v) is 3.07. The zero-order valence-corrected chi connectivity index (χ0v) is 15.6. The van der Waals surface area contributed by atoms with E-state index in [2.05, 4.69) is 20.4 Å². The number of amides is 1. The highest BCUT2D eigenvalue weighted by Gasteiger charge is 2.23. The van der Waals surface area contributed by atoms with Crippen molar-refractivity contribution < 1.29 is 18.3 Å². The minimum absolute atomic E-state index is 0. The molecule has 3 rings (SSSR count). The van der Waals surface area contributed by atoms with Crippen molar-refractivity contribution in [1.82, 2.24) is 20.3 Å². The Morgan fingerprint density at radius 3 is 2.48 bits per heavy atom. The van der Waals surface area contributed by atoms with Crippen LogP contribution < -0.4 is 15.8 Å². The molecule has 0 spiro atoms. The summed E-state index contributed by atoms with van der Waals surface area (Å²) in [4.78, 5) is 12.5. The predicted octanol–water partition coefficient (Wildman–Crippen LogP) is 2.60. The van der Waals surface area contributed by atoms with Crippen molar-refractivity contribution >= 4 is 18.3 Å². The number of ether oxygens (including phenoxy) is 1. The molecule has 1 aromatic heterocycles. The first-order chi connectivity index (χ1) is 12.4. The number of hydrogen-bond acceptors (Lipinski definition) is 5. The van der Waals surface area contributed by atoms with Crippen LogP contribution in [0.4, 0.5) is 8.78 Å². The van der Waals surface area contributed by atoms with Crippen LogP contribution in [0.25, 0.3) is 5.69 Å². The molecule has 0 radical (unpaired) electrons. The van der Waals surface area contributed by atoms with Gasteiger partial charge in [-0.05, 0) is 56.9 Å². The van der Waals surface area contributed by atoms with Crippen molar-refractivity contribution in [2.45, 2.75) is 51.3 Å². The number of carbonyl (C=O) groups excluding carboxylic acids is 1. The Morgan fingerprint density at radius 2 is 1.89 bits per heavy atom. The minimum Gasteiger partial charge on any atom is -0.435 e. The average Bonchev–Trinajstić information content (AvgIpc) is 2.99. The summed E-state index contributed by atoms with van der Waals surface area (Å²) in [6.45, 7) is -1.14. The summed E-state index contributed by atoms with van der Waals surface area (Å²) < 4.78 is 30.2. The van der Waals surface area contributed by atoms with Gasteiger partial charge in [0.15, 0.2) is 5.69 Å². The summed E-state index contributed by atoms with van der Waals surface area (Å²) in [5.74, 6) is -0.220. The fraction of sp³-hybridized carbons (Fsp3) is 0.471. The van der Waals surface area contributed by atoms with E-state index in [0.29, 0.717) is 11.4 Å². The van der Waals surface area contributed by atoms with Crippen molar-refractivity contribution in [3.63, 3.8) is 0 Å². The standard InChI is InChI=1S/C17H21F2N5O2.ClH/c1-10-15(16(25)21-12-4-2-11(20)3-5-12)22-23-24(10)13-6-8-14(9-7-13)26-17(18)19;/h6-9,11-12,17H,2-5,20H2,1H3,(H,21,25);1H. The minimum atomic E-state index is -2.88. The normalized spacial score (nSPS) is 19.4. The van der Waals surface area contributed by atoms with Crippen LogP contribution in [-0.4, -0.2) is 39.6 Å². The number of carbonyl (C=O) groups is 1. The van der Waals surface area contributed by atoms with Gasteiger partial charge >= 0.3 is 6.61 Å². The molecule has 1 amide bonds. The first-order valence-electron chi connectivity index (χ1n) is 8.48. The Morgan fingerprint density at radius 1 is 1.26 bits per heavy atom. The molecule has 2 aromatic rings. The number of nitrogens with zero attached hydrogens (tertiary/aromatic N) is 3. The van der Waals surface area contributed by atoms with Crippen LogP contribution in [-0.2, 0) is 0 Å². The number of hydrogen-bond donors (Lipinski definition) is 2. The fourth-order valence-electron chi connectivity index (χ4n) is 3.07. The van der Waals surface area contributed by atoms with Gasteiger partial charge in [-0.2, -0.15) is 8.78 Å². The molecule has 1 fully saturated rings. The zero-order chi connectivity index (χ0) is 18.7. The second kappa shape index (κ2) is 9.09. The van der Waals surface area contributed by atoms with Gasteiger partial charge in [-0.25, -0.2) is 4.68 Å². The summed E-state index contributed by atoms with van der Waals surface area (Å²) in [7, 11) is 0. The van der Waals surface area contributed by atoms with Crippen LogP contribution in [0.15, 0.2) is 24.3 Å². The van der Waals surface area contributed by atoms with Crippen molar-refractivity contribution in [3.8, 4) is 11.4 Å². The number of alkyl halides is 2. The molecule has 7 nitrogen and oxygen atoms in total. The Bertz CT molecular complexity index is 761. The smallest absolute Gasteiger partial charge is 0.387 e. The topological polar surface area (TPSA) is 95.1 Å². The van der Waals surface area contributed by atoms with Gasteiger partial charge in [-0.15, -0.1) is 17.5 Å². The van der Waals surface area contributed by atoms with Gasteiger partial charge in [0.25, 0.3) is 5.91 Å². The quantitative estimate of drug-likeness (QED) is 0.803. The first kappa shape index (κ1) is 21.0. The van der Waals surface area contributed by atoms with E-state index in [1.807, 2.05) is 0 Å². The van der Waals surface area contributed by atoms with Gasteiger partial charge in [-0.3, -0.25) is 4.79 Å². The van der Waals surface area contributed by atoms with Gasteiger partial charge in [0.2, 0.25) is 0 Å². The molecular formula is C17H22ClF2N5O2. The van der Waals surface area contributed by atoms with Crippen LogP contribution in [0, 0.1) is 6.92 Å². The number of benzene rings is 1. The van der Waals surface area contributed by atoms with E-state index in [4.69, 9.17) is 5.73 Å². The third-order valence-corrected chi connectivity index (χ3v) is 4.52. The van der Waals surface area contributed by atoms with Crippen LogP contribution in [0.3, 0.4) is 0 Å². The maximum Gasteiger partial charge on any atom is 0.387 e. The Labute approximate surface area is 161 Å². The van der Waals surface area contributed by atoms with E-state index in [9.17, 15) is 13.6 Å². The molecular weight excluding hydrogens is 380 g/mol. The lowest BCUT2D eigenvalue weighted by molar-refractivity contribution is -0.0498. The number of nitrogens with one attached hydrogen (secondary N) is 1. The molecule has 1 aliphatic rings. The number of aromatic nitrogens is 3. The molecule has 10 heteroatoms. The van der Waals surface area contributed by atoms with Gasteiger partial charge < -0.3 is 15.8 Å². The number of rotatable bonds is 5. The van der Waals surface area contributed by atoms with E-state index in [0.717, 1.165) is 25.7 Å². The lowest BCUT2D eigenvalue weighted by atomic mass is 9.92. The van der Waals surface area contributed by atoms with Gasteiger partial charge in [0.1, 0.15) is 5.75 Å². The Hall–Kier alpha value is -2.26. The molecule has 0 atom stereocenters. The summed E-state index contributed by atoms with van der Waals surface area (Å²) in [5, 5.41) is 10.9. The van der Waals surface area contributed by atoms with Gasteiger partial charge in [0.05, 0.1) is 11.4 Å². The lowest BCUT2D eigenvalue weighted by Gasteiger charge is -2.26. The molecule has 1 saturated carbocycles. The van der Waals surface area contributed by atoms with Crippen molar-refractivity contribution in [2.24, 2.45) is 5.73 Å². The molecule has 0 unspecified atom stereocenters. The number of nitrogens with two attached hydrogens (primary N) is 1. The highest BCUT2D eigenvalue weighted by molar-refractivity contribution is 5.93. The molecule has 0 aliphatic heterocycles. The van der Waals surface area contributed by atoms with E-state index < -0.39 is 6.61 Å². The highest BCUT2D eigenvalue weighted by Crippen LogP contribution is 2.20. The monoisotopic (exact) mass is 401 g/mol. The molecule has 0 saturated heterocycles. The SMILES string of the molecule is Cc1c(C(=O)NC2CCC(N)CC2)nnn1-c1ccc(OC(F)F)cc1.Cl. The second-order valence-corrected chi connectivity index (χ2v) is 6.39. The van der Waals surface area contributed by atoms with Crippen LogP contribution >= 0.6 is 12.4 Å². The highest BCUT2D eigenvalue weighted by atomic mass is 35.5. The van der Waals surface area contributed by atoms with Crippen LogP contribution in [0.5, 0.6) is 5.75 Å². The molecule has 1 heterocycles. The molecule has 27 heavy (non-hydrogen) atoms. The first-order valence-corrected chi connectivity index (χ1v) is 8.48. The maximum absolute atomic E-state index is 12.5. The maximum atomic E-state index is 12.5. The third-order valence-electron chi connectivity index (χ3n) is 4.52. The van der Waals surface area contributed by atoms with Crippen LogP contribution in [0.1, 0.15) is 41.9 Å². The van der Waals surface area contributed by atoms with E-state index in [1.165, 1.54) is 16.8 Å². The third kappa shape index (κ3) is 5.14. The molecule has 0 bridgehead atoms. The van der Waals surface area contributed by atoms with E-state index >= 15 is 0 Å². The zero-order valence-electron chi connectivity index (χ0n) is 14.8. The van der Waals surface area contributed by atoms with Gasteiger partial charge in [0, 0.05) is 12.1 Å². The van der Waals surface area contributed by atoms with E-state index in [1.54, 1.807) is 19.1 Å². The van der Waals surface area contributed by atoms with E-state index in [-0.39, 0.29) is 41.8 Å². The molecule has 3 N–H and O–H groups in total. The van der Waals surface area contributed by atoms with Crippen molar-refractivity contribution in [3.05, 3.63) is 35.7 Å². The van der Waals surface area contributed by atoms with Crippen molar-refractivity contribution in [2.75, 3.05) is 0 Å². The molecule has 1 aliphatic carbocycles. The molecule has 148 valence electrons. The van der Waals surface area contributed by atoms with Crippen LogP contribution in [0.2, 0.25) is 0 Å². The summed E-state index contributed by atoms with van der Waals surface area (Å²) in [6, 6.07) is 6.27. The largest absolute Gasteiger partial charge is 0.435 e. The predicted molar refractivity (Wildman–Crippen MR) is 97.7 cm³/mol.